The van der Waals surface area contributed by atoms with Crippen LogP contribution in [0.2, 0.25) is 10.2 Å². The van der Waals surface area contributed by atoms with Gasteiger partial charge in [0, 0.05) is 0 Å². The summed E-state index contributed by atoms with van der Waals surface area (Å²) >= 11 is 11.0. The molecule has 0 atom stereocenters. The maximum Gasteiger partial charge on any atom is 0.130 e. The van der Waals surface area contributed by atoms with E-state index < -0.39 is 0 Å². The van der Waals surface area contributed by atoms with E-state index in [1.807, 2.05) is 0 Å². The summed E-state index contributed by atoms with van der Waals surface area (Å²) in [5, 5.41) is 0.796. The fraction of sp³-hybridized carbons (Fsp3) is 0. The Kier molecular flexibility index (Phi) is 7.12. The molecular weight excluding hydrogens is 230 g/mol. The molecule has 1 aromatic heterocycles. The number of anilines is 1. The standard InChI is InChI=1S/C5H4Cl2N2.2ClH/c6-3-1-5(7)9-2-4(3)8;;/h1-2H,8H2;2*1H. The van der Waals surface area contributed by atoms with Crippen LogP contribution in [0.4, 0.5) is 5.69 Å². The summed E-state index contributed by atoms with van der Waals surface area (Å²) in [7, 11) is 0. The molecule has 2 N–H and O–H groups in total. The lowest BCUT2D eigenvalue weighted by molar-refractivity contribution is 1.33. The lowest BCUT2D eigenvalue weighted by atomic mass is 10.4. The van der Waals surface area contributed by atoms with Gasteiger partial charge >= 0.3 is 0 Å². The van der Waals surface area contributed by atoms with Crippen LogP contribution in [0.1, 0.15) is 0 Å². The first-order valence-electron chi connectivity index (χ1n) is 2.26. The number of aromatic nitrogens is 1. The minimum Gasteiger partial charge on any atom is -0.396 e. The number of hydrogen-bond acceptors (Lipinski definition) is 2. The van der Waals surface area contributed by atoms with E-state index in [9.17, 15) is 0 Å². The topological polar surface area (TPSA) is 38.9 Å². The molecule has 0 radical (unpaired) electrons. The van der Waals surface area contributed by atoms with Crippen molar-refractivity contribution in [1.82, 2.24) is 4.98 Å². The molecule has 0 saturated carbocycles. The zero-order valence-corrected chi connectivity index (χ0v) is 8.40. The summed E-state index contributed by atoms with van der Waals surface area (Å²) in [6.45, 7) is 0. The van der Waals surface area contributed by atoms with Gasteiger partial charge in [0.1, 0.15) is 5.15 Å². The highest BCUT2D eigenvalue weighted by Gasteiger charge is 1.94. The zero-order valence-electron chi connectivity index (χ0n) is 5.25. The van der Waals surface area contributed by atoms with Gasteiger partial charge in [-0.05, 0) is 6.07 Å². The van der Waals surface area contributed by atoms with Crippen LogP contribution in [0.3, 0.4) is 0 Å². The first-order chi connectivity index (χ1) is 4.20. The highest BCUT2D eigenvalue weighted by Crippen LogP contribution is 2.19. The van der Waals surface area contributed by atoms with Gasteiger partial charge in [0.25, 0.3) is 0 Å². The van der Waals surface area contributed by atoms with E-state index in [-0.39, 0.29) is 24.8 Å². The summed E-state index contributed by atoms with van der Waals surface area (Å²) in [5.41, 5.74) is 5.78. The van der Waals surface area contributed by atoms with Crippen molar-refractivity contribution in [1.29, 1.82) is 0 Å². The van der Waals surface area contributed by atoms with E-state index in [2.05, 4.69) is 4.98 Å². The van der Waals surface area contributed by atoms with Crippen LogP contribution in [0.25, 0.3) is 0 Å². The van der Waals surface area contributed by atoms with Gasteiger partial charge in [0.15, 0.2) is 0 Å². The third kappa shape index (κ3) is 3.87. The molecule has 0 aromatic carbocycles. The molecule has 0 aliphatic heterocycles. The quantitative estimate of drug-likeness (QED) is 0.703. The number of nitrogen functional groups attached to an aromatic ring is 1. The van der Waals surface area contributed by atoms with Crippen molar-refractivity contribution in [3.8, 4) is 0 Å². The molecule has 1 heterocycles. The monoisotopic (exact) mass is 234 g/mol. The molecule has 11 heavy (non-hydrogen) atoms. The van der Waals surface area contributed by atoms with Crippen LogP contribution in [-0.2, 0) is 0 Å². The van der Waals surface area contributed by atoms with Gasteiger partial charge in [-0.15, -0.1) is 24.8 Å². The first-order valence-corrected chi connectivity index (χ1v) is 3.02. The van der Waals surface area contributed by atoms with Crippen LogP contribution < -0.4 is 5.73 Å². The molecule has 2 nitrogen and oxygen atoms in total. The number of nitrogens with zero attached hydrogens (tertiary/aromatic N) is 1. The number of rotatable bonds is 0. The predicted octanol–water partition coefficient (Wildman–Crippen LogP) is 2.81. The van der Waals surface area contributed by atoms with Gasteiger partial charge in [-0.2, -0.15) is 0 Å². The molecule has 1 rings (SSSR count). The van der Waals surface area contributed by atoms with Crippen LogP contribution in [0.15, 0.2) is 12.3 Å². The third-order valence-electron chi connectivity index (χ3n) is 0.849. The summed E-state index contributed by atoms with van der Waals surface area (Å²) < 4.78 is 0. The van der Waals surface area contributed by atoms with E-state index in [4.69, 9.17) is 28.9 Å². The van der Waals surface area contributed by atoms with Gasteiger partial charge in [-0.1, -0.05) is 23.2 Å². The second-order valence-corrected chi connectivity index (χ2v) is 2.32. The highest BCUT2D eigenvalue weighted by atomic mass is 35.5. The van der Waals surface area contributed by atoms with Crippen molar-refractivity contribution in [3.05, 3.63) is 22.4 Å². The lowest BCUT2D eigenvalue weighted by Crippen LogP contribution is -1.86. The van der Waals surface area contributed by atoms with Crippen molar-refractivity contribution in [2.75, 3.05) is 5.73 Å². The zero-order chi connectivity index (χ0) is 6.85. The van der Waals surface area contributed by atoms with Gasteiger partial charge in [-0.3, -0.25) is 0 Å². The van der Waals surface area contributed by atoms with Gasteiger partial charge < -0.3 is 5.73 Å². The Labute approximate surface area is 86.9 Å². The molecular formula is C5H6Cl4N2. The van der Waals surface area contributed by atoms with Gasteiger partial charge in [0.2, 0.25) is 0 Å². The van der Waals surface area contributed by atoms with Gasteiger partial charge in [-0.25, -0.2) is 4.98 Å². The minimum absolute atomic E-state index is 0. The Morgan fingerprint density at radius 3 is 2.18 bits per heavy atom. The predicted molar refractivity (Wildman–Crippen MR) is 53.2 cm³/mol. The molecule has 6 heteroatoms. The maximum absolute atomic E-state index is 5.56. The normalized spacial score (nSPS) is 7.82. The summed E-state index contributed by atoms with van der Waals surface area (Å²) in [6, 6.07) is 1.50. The van der Waals surface area contributed by atoms with Crippen molar-refractivity contribution < 1.29 is 0 Å². The molecule has 0 bridgehead atoms. The van der Waals surface area contributed by atoms with E-state index in [1.54, 1.807) is 0 Å². The Balaban J connectivity index is 0. The number of hydrogen-bond donors (Lipinski definition) is 1. The first kappa shape index (κ1) is 13.7. The molecule has 1 aromatic rings. The summed E-state index contributed by atoms with van der Waals surface area (Å²) in [6.07, 6.45) is 1.42. The van der Waals surface area contributed by atoms with Crippen LogP contribution in [0, 0.1) is 0 Å². The minimum atomic E-state index is 0. The van der Waals surface area contributed by atoms with Crippen LogP contribution in [0.5, 0.6) is 0 Å². The third-order valence-corrected chi connectivity index (χ3v) is 1.38. The Hall–Kier alpha value is 0.110. The molecule has 0 spiro atoms. The summed E-state index contributed by atoms with van der Waals surface area (Å²) in [5.74, 6) is 0. The Morgan fingerprint density at radius 2 is 1.82 bits per heavy atom. The number of pyridine rings is 1. The second kappa shape index (κ2) is 5.72. The average Bonchev–Trinajstić information content (AvgIpc) is 1.80. The van der Waals surface area contributed by atoms with Crippen molar-refractivity contribution in [2.45, 2.75) is 0 Å². The Bertz CT molecular complexity index is 228. The molecule has 0 aliphatic carbocycles. The van der Waals surface area contributed by atoms with Crippen LogP contribution >= 0.6 is 48.0 Å². The smallest absolute Gasteiger partial charge is 0.130 e. The summed E-state index contributed by atoms with van der Waals surface area (Å²) in [4.78, 5) is 3.70. The lowest BCUT2D eigenvalue weighted by Gasteiger charge is -1.94. The van der Waals surface area contributed by atoms with E-state index in [1.165, 1.54) is 12.3 Å². The van der Waals surface area contributed by atoms with E-state index >= 15 is 0 Å². The maximum atomic E-state index is 5.56. The number of halogens is 4. The van der Waals surface area contributed by atoms with Crippen LogP contribution in [-0.4, -0.2) is 4.98 Å². The van der Waals surface area contributed by atoms with Gasteiger partial charge in [0.05, 0.1) is 16.9 Å². The van der Waals surface area contributed by atoms with E-state index in [0.29, 0.717) is 15.9 Å². The molecule has 64 valence electrons. The molecule has 0 aliphatic rings. The van der Waals surface area contributed by atoms with Crippen molar-refractivity contribution >= 4 is 53.7 Å². The Morgan fingerprint density at radius 1 is 1.27 bits per heavy atom. The largest absolute Gasteiger partial charge is 0.396 e. The van der Waals surface area contributed by atoms with Crippen molar-refractivity contribution in [2.24, 2.45) is 0 Å². The fourth-order valence-corrected chi connectivity index (χ4v) is 0.784. The fourth-order valence-electron chi connectivity index (χ4n) is 0.418. The SMILES string of the molecule is Cl.Cl.Nc1cnc(Cl)cc1Cl. The molecule has 0 saturated heterocycles. The van der Waals surface area contributed by atoms with Crippen molar-refractivity contribution in [3.63, 3.8) is 0 Å². The average molecular weight is 236 g/mol. The highest BCUT2D eigenvalue weighted by molar-refractivity contribution is 6.35. The molecule has 0 fully saturated rings. The second-order valence-electron chi connectivity index (χ2n) is 1.53. The molecule has 0 amide bonds. The van der Waals surface area contributed by atoms with E-state index in [0.717, 1.165) is 0 Å². The number of nitrogens with two attached hydrogens (primary N) is 1. The molecule has 0 unspecified atom stereocenters.